The Labute approximate surface area is 168 Å². The van der Waals surface area contributed by atoms with E-state index in [4.69, 9.17) is 0 Å². The van der Waals surface area contributed by atoms with Crippen LogP contribution in [-0.4, -0.2) is 33.6 Å². The van der Waals surface area contributed by atoms with Crippen LogP contribution in [0, 0.1) is 5.82 Å². The molecule has 0 aliphatic heterocycles. The Kier molecular flexibility index (Phi) is 4.65. The van der Waals surface area contributed by atoms with Crippen molar-refractivity contribution in [1.29, 1.82) is 0 Å². The second-order valence-corrected chi connectivity index (χ2v) is 10.1. The maximum Gasteiger partial charge on any atom is 0.235 e. The number of aromatic nitrogens is 4. The second-order valence-electron chi connectivity index (χ2n) is 8.17. The molecular formula is C20H22FN5O2S. The Morgan fingerprint density at radius 1 is 1.21 bits per heavy atom. The summed E-state index contributed by atoms with van der Waals surface area (Å²) in [5.74, 6) is 0.00321. The Morgan fingerprint density at radius 3 is 2.59 bits per heavy atom. The lowest BCUT2D eigenvalue weighted by molar-refractivity contribution is 0.553. The van der Waals surface area contributed by atoms with Crippen molar-refractivity contribution in [3.8, 4) is 22.6 Å². The number of aromatic amines is 1. The lowest BCUT2D eigenvalue weighted by atomic mass is 9.96. The molecule has 0 spiro atoms. The van der Waals surface area contributed by atoms with Crippen molar-refractivity contribution in [3.63, 3.8) is 0 Å². The van der Waals surface area contributed by atoms with E-state index in [-0.39, 0.29) is 16.7 Å². The number of nitrogens with one attached hydrogen (secondary N) is 2. The third-order valence-corrected chi connectivity index (χ3v) is 6.58. The Bertz CT molecular complexity index is 1150. The lowest BCUT2D eigenvalue weighted by Crippen LogP contribution is -2.18. The fourth-order valence-electron chi connectivity index (χ4n) is 2.96. The molecule has 7 nitrogen and oxygen atoms in total. The smallest absolute Gasteiger partial charge is 0.235 e. The van der Waals surface area contributed by atoms with E-state index in [1.54, 1.807) is 24.4 Å². The van der Waals surface area contributed by atoms with Crippen molar-refractivity contribution in [2.24, 2.45) is 0 Å². The van der Waals surface area contributed by atoms with Crippen LogP contribution < -0.4 is 4.72 Å². The van der Waals surface area contributed by atoms with Crippen LogP contribution in [0.5, 0.6) is 0 Å². The van der Waals surface area contributed by atoms with Crippen LogP contribution >= 0.6 is 0 Å². The number of benzene rings is 1. The average molecular weight is 415 g/mol. The van der Waals surface area contributed by atoms with Gasteiger partial charge >= 0.3 is 0 Å². The number of rotatable bonds is 5. The highest BCUT2D eigenvalue weighted by molar-refractivity contribution is 7.93. The maximum atomic E-state index is 15.4. The molecule has 0 radical (unpaired) electrons. The highest BCUT2D eigenvalue weighted by atomic mass is 32.2. The van der Waals surface area contributed by atoms with E-state index in [2.05, 4.69) is 24.7 Å². The molecule has 29 heavy (non-hydrogen) atoms. The zero-order valence-electron chi connectivity index (χ0n) is 16.4. The molecule has 2 N–H and O–H groups in total. The van der Waals surface area contributed by atoms with Crippen LogP contribution in [0.15, 0.2) is 36.8 Å². The highest BCUT2D eigenvalue weighted by Crippen LogP contribution is 2.37. The first-order chi connectivity index (χ1) is 13.7. The summed E-state index contributed by atoms with van der Waals surface area (Å²) < 4.78 is 42.3. The first kappa shape index (κ1) is 19.5. The van der Waals surface area contributed by atoms with Gasteiger partial charge in [-0.05, 0) is 31.0 Å². The summed E-state index contributed by atoms with van der Waals surface area (Å²) >= 11 is 0. The SMILES string of the molecule is CC(C)(C)c1nc(-c2cccc(NS(=O)(=O)C3CC3)c2F)c(-c2ccncn2)[nH]1. The van der Waals surface area contributed by atoms with Crippen LogP contribution in [-0.2, 0) is 15.4 Å². The summed E-state index contributed by atoms with van der Waals surface area (Å²) in [4.78, 5) is 16.1. The summed E-state index contributed by atoms with van der Waals surface area (Å²) in [6.45, 7) is 5.99. The van der Waals surface area contributed by atoms with Crippen molar-refractivity contribution in [3.05, 3.63) is 48.4 Å². The fraction of sp³-hybridized carbons (Fsp3) is 0.350. The predicted molar refractivity (Wildman–Crippen MR) is 109 cm³/mol. The van der Waals surface area contributed by atoms with Gasteiger partial charge in [0, 0.05) is 17.2 Å². The standard InChI is InChI=1S/C20H22FN5O2S/c1-20(2,3)19-24-17(18(25-19)15-9-10-22-11-23-15)13-5-4-6-14(16(13)21)26-29(27,28)12-7-8-12/h4-6,9-12,26H,7-8H2,1-3H3,(H,24,25). The minimum atomic E-state index is -3.58. The number of H-pyrrole nitrogens is 1. The third-order valence-electron chi connectivity index (χ3n) is 4.72. The van der Waals surface area contributed by atoms with Crippen LogP contribution in [0.25, 0.3) is 22.6 Å². The molecular weight excluding hydrogens is 393 g/mol. The molecule has 0 amide bonds. The molecule has 1 aliphatic carbocycles. The van der Waals surface area contributed by atoms with E-state index in [0.29, 0.717) is 35.7 Å². The monoisotopic (exact) mass is 415 g/mol. The van der Waals surface area contributed by atoms with Gasteiger partial charge in [-0.3, -0.25) is 4.72 Å². The van der Waals surface area contributed by atoms with Crippen molar-refractivity contribution in [1.82, 2.24) is 19.9 Å². The second kappa shape index (κ2) is 6.91. The van der Waals surface area contributed by atoms with Crippen LogP contribution in [0.2, 0.25) is 0 Å². The van der Waals surface area contributed by atoms with E-state index in [1.165, 1.54) is 12.4 Å². The quantitative estimate of drug-likeness (QED) is 0.659. The van der Waals surface area contributed by atoms with Crippen molar-refractivity contribution < 1.29 is 12.8 Å². The number of hydrogen-bond donors (Lipinski definition) is 2. The summed E-state index contributed by atoms with van der Waals surface area (Å²) in [6, 6.07) is 6.32. The number of halogens is 1. The number of anilines is 1. The fourth-order valence-corrected chi connectivity index (χ4v) is 4.34. The minimum absolute atomic E-state index is 0.0802. The van der Waals surface area contributed by atoms with Crippen molar-refractivity contribution >= 4 is 15.7 Å². The topological polar surface area (TPSA) is 101 Å². The summed E-state index contributed by atoms with van der Waals surface area (Å²) in [5, 5.41) is -0.444. The molecule has 4 rings (SSSR count). The first-order valence-corrected chi connectivity index (χ1v) is 10.9. The minimum Gasteiger partial charge on any atom is -0.340 e. The molecule has 0 saturated heterocycles. The number of sulfonamides is 1. The molecule has 1 aliphatic rings. The zero-order chi connectivity index (χ0) is 20.8. The van der Waals surface area contributed by atoms with E-state index in [1.807, 2.05) is 20.8 Å². The zero-order valence-corrected chi connectivity index (χ0v) is 17.2. The normalized spacial score (nSPS) is 14.8. The van der Waals surface area contributed by atoms with Gasteiger partial charge in [0.1, 0.15) is 17.8 Å². The van der Waals surface area contributed by atoms with Crippen molar-refractivity contribution in [2.75, 3.05) is 4.72 Å². The largest absolute Gasteiger partial charge is 0.340 e. The Hall–Kier alpha value is -2.81. The van der Waals surface area contributed by atoms with Crippen molar-refractivity contribution in [2.45, 2.75) is 44.3 Å². The van der Waals surface area contributed by atoms with E-state index in [0.717, 1.165) is 0 Å². The van der Waals surface area contributed by atoms with E-state index >= 15 is 4.39 Å². The van der Waals surface area contributed by atoms with E-state index < -0.39 is 21.1 Å². The van der Waals surface area contributed by atoms with Gasteiger partial charge in [-0.15, -0.1) is 0 Å². The highest BCUT2D eigenvalue weighted by Gasteiger charge is 2.36. The molecule has 0 atom stereocenters. The average Bonchev–Trinajstić information content (AvgIpc) is 3.43. The molecule has 2 heterocycles. The molecule has 1 saturated carbocycles. The van der Waals surface area contributed by atoms with Gasteiger partial charge in [-0.25, -0.2) is 27.8 Å². The molecule has 3 aromatic rings. The van der Waals surface area contributed by atoms with Crippen LogP contribution in [0.3, 0.4) is 0 Å². The van der Waals surface area contributed by atoms with Gasteiger partial charge in [0.2, 0.25) is 10.0 Å². The molecule has 0 unspecified atom stereocenters. The number of imidazole rings is 1. The Balaban J connectivity index is 1.84. The van der Waals surface area contributed by atoms with Crippen LogP contribution in [0.4, 0.5) is 10.1 Å². The van der Waals surface area contributed by atoms with Gasteiger partial charge < -0.3 is 4.98 Å². The summed E-state index contributed by atoms with van der Waals surface area (Å²) in [7, 11) is -3.58. The molecule has 1 fully saturated rings. The van der Waals surface area contributed by atoms with Gasteiger partial charge in [0.15, 0.2) is 5.82 Å². The van der Waals surface area contributed by atoms with Gasteiger partial charge in [0.05, 0.1) is 22.3 Å². The van der Waals surface area contributed by atoms with Gasteiger partial charge in [-0.1, -0.05) is 26.8 Å². The van der Waals surface area contributed by atoms with Crippen LogP contribution in [0.1, 0.15) is 39.4 Å². The molecule has 152 valence electrons. The van der Waals surface area contributed by atoms with Gasteiger partial charge in [-0.2, -0.15) is 0 Å². The first-order valence-electron chi connectivity index (χ1n) is 9.34. The number of nitrogens with zero attached hydrogens (tertiary/aromatic N) is 3. The predicted octanol–water partition coefficient (Wildman–Crippen LogP) is 3.87. The summed E-state index contributed by atoms with van der Waals surface area (Å²) in [5.41, 5.74) is 1.31. The number of hydrogen-bond acceptors (Lipinski definition) is 5. The molecule has 2 aromatic heterocycles. The Morgan fingerprint density at radius 2 is 1.97 bits per heavy atom. The molecule has 9 heteroatoms. The van der Waals surface area contributed by atoms with E-state index in [9.17, 15) is 8.42 Å². The molecule has 0 bridgehead atoms. The molecule has 1 aromatic carbocycles. The summed E-state index contributed by atoms with van der Waals surface area (Å²) in [6.07, 6.45) is 4.21. The lowest BCUT2D eigenvalue weighted by Gasteiger charge is -2.14. The third kappa shape index (κ3) is 3.87. The maximum absolute atomic E-state index is 15.4. The van der Waals surface area contributed by atoms with Gasteiger partial charge in [0.25, 0.3) is 0 Å².